The van der Waals surface area contributed by atoms with Crippen molar-refractivity contribution in [1.82, 2.24) is 0 Å². The van der Waals surface area contributed by atoms with E-state index in [0.717, 1.165) is 5.69 Å². The van der Waals surface area contributed by atoms with E-state index in [1.807, 2.05) is 20.8 Å². The molecule has 0 amide bonds. The van der Waals surface area contributed by atoms with Gasteiger partial charge in [0, 0.05) is 10.7 Å². The quantitative estimate of drug-likeness (QED) is 0.784. The molecule has 0 radical (unpaired) electrons. The molecule has 0 saturated carbocycles. The van der Waals surface area contributed by atoms with E-state index in [1.54, 1.807) is 24.3 Å². The molecule has 1 rings (SSSR count). The van der Waals surface area contributed by atoms with E-state index >= 15 is 0 Å². The van der Waals surface area contributed by atoms with Crippen LogP contribution >= 0.6 is 11.6 Å². The van der Waals surface area contributed by atoms with Crippen LogP contribution in [0.15, 0.2) is 24.3 Å². The van der Waals surface area contributed by atoms with Crippen molar-refractivity contribution in [2.24, 2.45) is 0 Å². The summed E-state index contributed by atoms with van der Waals surface area (Å²) in [5, 5.41) is 13.0. The van der Waals surface area contributed by atoms with E-state index in [4.69, 9.17) is 16.3 Å². The number of aliphatic hydroxyl groups excluding tert-OH is 1. The molecule has 4 heteroatoms. The van der Waals surface area contributed by atoms with Crippen molar-refractivity contribution in [3.63, 3.8) is 0 Å². The predicted molar refractivity (Wildman–Crippen MR) is 61.9 cm³/mol. The van der Waals surface area contributed by atoms with Crippen molar-refractivity contribution in [1.29, 1.82) is 0 Å². The second-order valence-corrected chi connectivity index (χ2v) is 4.67. The van der Waals surface area contributed by atoms with Gasteiger partial charge in [0.05, 0.1) is 5.60 Å². The van der Waals surface area contributed by atoms with Gasteiger partial charge in [0.1, 0.15) is 0 Å². The van der Waals surface area contributed by atoms with Gasteiger partial charge in [-0.25, -0.2) is 0 Å². The molecule has 84 valence electrons. The lowest BCUT2D eigenvalue weighted by Gasteiger charge is -2.24. The number of anilines is 1. The average molecular weight is 230 g/mol. The Morgan fingerprint density at radius 3 is 2.27 bits per heavy atom. The minimum Gasteiger partial charge on any atom is -0.351 e. The number of nitrogens with one attached hydrogen (secondary N) is 1. The van der Waals surface area contributed by atoms with Gasteiger partial charge < -0.3 is 15.2 Å². The minimum atomic E-state index is -1.02. The number of hydrogen-bond acceptors (Lipinski definition) is 3. The Bertz CT molecular complexity index is 305. The largest absolute Gasteiger partial charge is 0.351 e. The van der Waals surface area contributed by atoms with Gasteiger partial charge >= 0.3 is 0 Å². The maximum absolute atomic E-state index is 9.54. The van der Waals surface area contributed by atoms with Crippen LogP contribution in [0.25, 0.3) is 0 Å². The number of benzene rings is 1. The zero-order valence-electron chi connectivity index (χ0n) is 9.12. The number of ether oxygens (including phenoxy) is 1. The van der Waals surface area contributed by atoms with Gasteiger partial charge in [-0.15, -0.1) is 0 Å². The summed E-state index contributed by atoms with van der Waals surface area (Å²) in [6, 6.07) is 7.04. The third kappa shape index (κ3) is 5.02. The van der Waals surface area contributed by atoms with E-state index in [-0.39, 0.29) is 0 Å². The minimum absolute atomic E-state index is 0.390. The van der Waals surface area contributed by atoms with Crippen molar-refractivity contribution in [3.8, 4) is 0 Å². The summed E-state index contributed by atoms with van der Waals surface area (Å²) in [6.45, 7) is 5.62. The van der Waals surface area contributed by atoms with Gasteiger partial charge in [-0.3, -0.25) is 0 Å². The van der Waals surface area contributed by atoms with Crippen molar-refractivity contribution in [2.75, 3.05) is 5.32 Å². The lowest BCUT2D eigenvalue weighted by atomic mass is 10.2. The van der Waals surface area contributed by atoms with Gasteiger partial charge in [-0.1, -0.05) is 11.6 Å². The maximum Gasteiger partial charge on any atom is 0.235 e. The first-order chi connectivity index (χ1) is 6.87. The fourth-order valence-electron chi connectivity index (χ4n) is 1.05. The number of hydrogen-bond donors (Lipinski definition) is 2. The van der Waals surface area contributed by atoms with Gasteiger partial charge in [0.15, 0.2) is 0 Å². The summed E-state index contributed by atoms with van der Waals surface area (Å²) in [6.07, 6.45) is -1.02. The highest BCUT2D eigenvalue weighted by Gasteiger charge is 2.15. The first-order valence-electron chi connectivity index (χ1n) is 4.75. The lowest BCUT2D eigenvalue weighted by molar-refractivity contribution is -0.148. The highest BCUT2D eigenvalue weighted by atomic mass is 35.5. The van der Waals surface area contributed by atoms with Crippen LogP contribution in [0, 0.1) is 0 Å². The molecule has 0 heterocycles. The average Bonchev–Trinajstić information content (AvgIpc) is 2.05. The Kier molecular flexibility index (Phi) is 3.97. The van der Waals surface area contributed by atoms with Crippen molar-refractivity contribution in [3.05, 3.63) is 29.3 Å². The fraction of sp³-hybridized carbons (Fsp3) is 0.455. The van der Waals surface area contributed by atoms with Crippen molar-refractivity contribution < 1.29 is 9.84 Å². The second kappa shape index (κ2) is 4.84. The zero-order chi connectivity index (χ0) is 11.5. The van der Waals surface area contributed by atoms with Crippen LogP contribution in [0.3, 0.4) is 0 Å². The van der Waals surface area contributed by atoms with E-state index in [0.29, 0.717) is 5.02 Å². The second-order valence-electron chi connectivity index (χ2n) is 4.23. The number of aliphatic hydroxyl groups is 1. The van der Waals surface area contributed by atoms with Crippen molar-refractivity contribution >= 4 is 17.3 Å². The molecule has 1 aromatic rings. The molecule has 0 aliphatic carbocycles. The summed E-state index contributed by atoms with van der Waals surface area (Å²) in [5.74, 6) is 0. The molecular formula is C11H16ClNO2. The van der Waals surface area contributed by atoms with Crippen LogP contribution < -0.4 is 5.32 Å². The van der Waals surface area contributed by atoms with E-state index in [9.17, 15) is 5.11 Å². The molecule has 1 aromatic carbocycles. The molecule has 0 saturated heterocycles. The fourth-order valence-corrected chi connectivity index (χ4v) is 1.18. The Morgan fingerprint density at radius 2 is 1.80 bits per heavy atom. The first kappa shape index (κ1) is 12.3. The van der Waals surface area contributed by atoms with Crippen LogP contribution in [0.2, 0.25) is 5.02 Å². The number of rotatable bonds is 3. The number of halogens is 1. The molecule has 0 aliphatic rings. The maximum atomic E-state index is 9.54. The standard InChI is InChI=1S/C11H16ClNO2/c1-11(2,3)15-10(14)13-9-6-4-8(12)5-7-9/h4-7,10,13-14H,1-3H3. The van der Waals surface area contributed by atoms with Gasteiger partial charge in [0.2, 0.25) is 6.41 Å². The molecule has 0 fully saturated rings. The monoisotopic (exact) mass is 229 g/mol. The van der Waals surface area contributed by atoms with Crippen LogP contribution in [0.5, 0.6) is 0 Å². The molecule has 1 unspecified atom stereocenters. The molecule has 3 nitrogen and oxygen atoms in total. The molecule has 2 N–H and O–H groups in total. The molecule has 15 heavy (non-hydrogen) atoms. The zero-order valence-corrected chi connectivity index (χ0v) is 9.88. The highest BCUT2D eigenvalue weighted by Crippen LogP contribution is 2.16. The SMILES string of the molecule is CC(C)(C)OC(O)Nc1ccc(Cl)cc1. The van der Waals surface area contributed by atoms with Crippen LogP contribution in [0.1, 0.15) is 20.8 Å². The Hall–Kier alpha value is -0.770. The Balaban J connectivity index is 2.51. The molecule has 0 spiro atoms. The highest BCUT2D eigenvalue weighted by molar-refractivity contribution is 6.30. The summed E-state index contributed by atoms with van der Waals surface area (Å²) in [5.41, 5.74) is 0.370. The third-order valence-electron chi connectivity index (χ3n) is 1.60. The predicted octanol–water partition coefficient (Wildman–Crippen LogP) is 2.84. The van der Waals surface area contributed by atoms with Crippen LogP contribution in [-0.2, 0) is 4.74 Å². The van der Waals surface area contributed by atoms with Gasteiger partial charge in [-0.05, 0) is 45.0 Å². The Labute approximate surface area is 95.0 Å². The smallest absolute Gasteiger partial charge is 0.235 e. The third-order valence-corrected chi connectivity index (χ3v) is 1.85. The molecule has 0 aromatic heterocycles. The van der Waals surface area contributed by atoms with Crippen LogP contribution in [0.4, 0.5) is 5.69 Å². The van der Waals surface area contributed by atoms with Gasteiger partial charge in [-0.2, -0.15) is 0 Å². The van der Waals surface area contributed by atoms with E-state index in [1.165, 1.54) is 0 Å². The van der Waals surface area contributed by atoms with Crippen molar-refractivity contribution in [2.45, 2.75) is 32.8 Å². The molecule has 0 bridgehead atoms. The van der Waals surface area contributed by atoms with Gasteiger partial charge in [0.25, 0.3) is 0 Å². The topological polar surface area (TPSA) is 41.5 Å². The summed E-state index contributed by atoms with van der Waals surface area (Å²) < 4.78 is 5.28. The van der Waals surface area contributed by atoms with E-state index < -0.39 is 12.0 Å². The van der Waals surface area contributed by atoms with E-state index in [2.05, 4.69) is 5.32 Å². The first-order valence-corrected chi connectivity index (χ1v) is 5.13. The molecular weight excluding hydrogens is 214 g/mol. The summed E-state index contributed by atoms with van der Waals surface area (Å²) in [7, 11) is 0. The molecule has 1 atom stereocenters. The summed E-state index contributed by atoms with van der Waals surface area (Å²) in [4.78, 5) is 0. The molecule has 0 aliphatic heterocycles. The summed E-state index contributed by atoms with van der Waals surface area (Å²) >= 11 is 5.73. The Morgan fingerprint density at radius 1 is 1.27 bits per heavy atom. The normalized spacial score (nSPS) is 13.7. The lowest BCUT2D eigenvalue weighted by Crippen LogP contribution is -2.32. The van der Waals surface area contributed by atoms with Crippen LogP contribution in [-0.4, -0.2) is 17.1 Å².